The van der Waals surface area contributed by atoms with Crippen LogP contribution in [0.1, 0.15) is 32.1 Å². The number of benzene rings is 1. The highest BCUT2D eigenvalue weighted by atomic mass is 79.9. The molecule has 2 nitrogen and oxygen atoms in total. The number of rotatable bonds is 2. The molecule has 0 saturated heterocycles. The average Bonchev–Trinajstić information content (AvgIpc) is 2.25. The van der Waals surface area contributed by atoms with E-state index in [2.05, 4.69) is 15.9 Å². The first-order valence-corrected chi connectivity index (χ1v) is 6.20. The summed E-state index contributed by atoms with van der Waals surface area (Å²) in [6.07, 6.45) is 6.44. The Hall–Kier alpha value is -0.700. The van der Waals surface area contributed by atoms with Crippen LogP contribution in [0.5, 0.6) is 11.5 Å². The molecule has 1 aliphatic rings. The van der Waals surface area contributed by atoms with Crippen molar-refractivity contribution >= 4 is 15.9 Å². The second-order valence-corrected chi connectivity index (χ2v) is 4.85. The van der Waals surface area contributed by atoms with Gasteiger partial charge in [0.2, 0.25) is 0 Å². The Morgan fingerprint density at radius 3 is 2.60 bits per heavy atom. The van der Waals surface area contributed by atoms with Gasteiger partial charge in [-0.15, -0.1) is 0 Å². The van der Waals surface area contributed by atoms with E-state index >= 15 is 0 Å². The lowest BCUT2D eigenvalue weighted by Gasteiger charge is -2.23. The lowest BCUT2D eigenvalue weighted by molar-refractivity contribution is 0.154. The lowest BCUT2D eigenvalue weighted by atomic mass is 9.98. The van der Waals surface area contributed by atoms with Crippen LogP contribution in [0.25, 0.3) is 0 Å². The topological polar surface area (TPSA) is 29.5 Å². The van der Waals surface area contributed by atoms with Crippen LogP contribution in [0.15, 0.2) is 22.7 Å². The van der Waals surface area contributed by atoms with E-state index in [9.17, 15) is 5.11 Å². The van der Waals surface area contributed by atoms with Crippen molar-refractivity contribution in [3.63, 3.8) is 0 Å². The van der Waals surface area contributed by atoms with Crippen molar-refractivity contribution in [2.24, 2.45) is 0 Å². The maximum atomic E-state index is 9.50. The molecule has 0 radical (unpaired) electrons. The number of aromatic hydroxyl groups is 1. The van der Waals surface area contributed by atoms with Crippen LogP contribution in [0.4, 0.5) is 0 Å². The van der Waals surface area contributed by atoms with Gasteiger partial charge >= 0.3 is 0 Å². The normalized spacial score (nSPS) is 17.7. The van der Waals surface area contributed by atoms with Crippen molar-refractivity contribution in [3.05, 3.63) is 22.7 Å². The van der Waals surface area contributed by atoms with Crippen molar-refractivity contribution in [2.75, 3.05) is 0 Å². The molecule has 15 heavy (non-hydrogen) atoms. The Labute approximate surface area is 98.4 Å². The highest BCUT2D eigenvalue weighted by molar-refractivity contribution is 9.10. The van der Waals surface area contributed by atoms with E-state index in [0.717, 1.165) is 18.6 Å². The minimum Gasteiger partial charge on any atom is -0.507 e. The quantitative estimate of drug-likeness (QED) is 0.884. The van der Waals surface area contributed by atoms with Gasteiger partial charge in [0.25, 0.3) is 0 Å². The lowest BCUT2D eigenvalue weighted by Crippen LogP contribution is -2.19. The third-order valence-corrected chi connectivity index (χ3v) is 3.44. The van der Waals surface area contributed by atoms with Gasteiger partial charge in [0.15, 0.2) is 0 Å². The number of hydrogen-bond acceptors (Lipinski definition) is 2. The first-order valence-electron chi connectivity index (χ1n) is 5.41. The monoisotopic (exact) mass is 270 g/mol. The minimum atomic E-state index is 0.239. The number of halogens is 1. The van der Waals surface area contributed by atoms with Gasteiger partial charge in [0.05, 0.1) is 10.6 Å². The molecule has 82 valence electrons. The molecule has 0 spiro atoms. The zero-order valence-electron chi connectivity index (χ0n) is 8.58. The molecule has 1 saturated carbocycles. The van der Waals surface area contributed by atoms with Crippen molar-refractivity contribution < 1.29 is 9.84 Å². The standard InChI is InChI=1S/C12H15BrO2/c13-11-7-6-10(8-12(11)14)15-9-4-2-1-3-5-9/h6-9,14H,1-5H2. The van der Waals surface area contributed by atoms with Crippen molar-refractivity contribution in [2.45, 2.75) is 38.2 Å². The van der Waals surface area contributed by atoms with Crippen LogP contribution >= 0.6 is 15.9 Å². The second kappa shape index (κ2) is 4.88. The minimum absolute atomic E-state index is 0.239. The Kier molecular flexibility index (Phi) is 3.52. The number of ether oxygens (including phenoxy) is 1. The molecule has 0 heterocycles. The fourth-order valence-electron chi connectivity index (χ4n) is 1.94. The Morgan fingerprint density at radius 2 is 1.93 bits per heavy atom. The molecule has 0 unspecified atom stereocenters. The third kappa shape index (κ3) is 2.88. The van der Waals surface area contributed by atoms with Crippen molar-refractivity contribution in [1.82, 2.24) is 0 Å². The Bertz CT molecular complexity index is 332. The van der Waals surface area contributed by atoms with Gasteiger partial charge in [0.1, 0.15) is 11.5 Å². The van der Waals surface area contributed by atoms with Gasteiger partial charge in [-0.2, -0.15) is 0 Å². The summed E-state index contributed by atoms with van der Waals surface area (Å²) in [5.41, 5.74) is 0. The predicted molar refractivity (Wildman–Crippen MR) is 63.3 cm³/mol. The van der Waals surface area contributed by atoms with E-state index in [4.69, 9.17) is 4.74 Å². The summed E-state index contributed by atoms with van der Waals surface area (Å²) >= 11 is 3.25. The first-order chi connectivity index (χ1) is 7.25. The third-order valence-electron chi connectivity index (χ3n) is 2.77. The molecule has 0 atom stereocenters. The largest absolute Gasteiger partial charge is 0.507 e. The molecule has 0 amide bonds. The van der Waals surface area contributed by atoms with Crippen LogP contribution in [0, 0.1) is 0 Å². The van der Waals surface area contributed by atoms with Gasteiger partial charge in [-0.05, 0) is 53.7 Å². The van der Waals surface area contributed by atoms with Crippen LogP contribution in [-0.4, -0.2) is 11.2 Å². The molecule has 1 N–H and O–H groups in total. The fourth-order valence-corrected chi connectivity index (χ4v) is 2.19. The van der Waals surface area contributed by atoms with E-state index < -0.39 is 0 Å². The molecule has 1 aliphatic carbocycles. The average molecular weight is 271 g/mol. The molecule has 1 aromatic rings. The smallest absolute Gasteiger partial charge is 0.133 e. The van der Waals surface area contributed by atoms with Crippen molar-refractivity contribution in [3.8, 4) is 11.5 Å². The Morgan fingerprint density at radius 1 is 1.20 bits per heavy atom. The summed E-state index contributed by atoms with van der Waals surface area (Å²) in [5.74, 6) is 1.01. The SMILES string of the molecule is Oc1cc(OC2CCCCC2)ccc1Br. The van der Waals surface area contributed by atoms with E-state index in [1.807, 2.05) is 12.1 Å². The van der Waals surface area contributed by atoms with Gasteiger partial charge in [-0.25, -0.2) is 0 Å². The summed E-state index contributed by atoms with van der Waals surface area (Å²) in [5, 5.41) is 9.50. The van der Waals surface area contributed by atoms with Gasteiger partial charge in [-0.3, -0.25) is 0 Å². The first kappa shape index (κ1) is 10.8. The molecular weight excluding hydrogens is 256 g/mol. The van der Waals surface area contributed by atoms with E-state index in [-0.39, 0.29) is 5.75 Å². The molecule has 0 aromatic heterocycles. The van der Waals surface area contributed by atoms with Gasteiger partial charge in [-0.1, -0.05) is 6.42 Å². The zero-order chi connectivity index (χ0) is 10.7. The molecule has 1 aromatic carbocycles. The van der Waals surface area contributed by atoms with Crippen LogP contribution in [0.2, 0.25) is 0 Å². The molecule has 1 fully saturated rings. The second-order valence-electron chi connectivity index (χ2n) is 3.99. The number of hydrogen-bond donors (Lipinski definition) is 1. The van der Waals surface area contributed by atoms with E-state index in [1.54, 1.807) is 6.07 Å². The summed E-state index contributed by atoms with van der Waals surface area (Å²) in [4.78, 5) is 0. The van der Waals surface area contributed by atoms with Crippen LogP contribution in [-0.2, 0) is 0 Å². The summed E-state index contributed by atoms with van der Waals surface area (Å²) < 4.78 is 6.52. The number of phenols is 1. The van der Waals surface area contributed by atoms with Gasteiger partial charge in [0, 0.05) is 6.07 Å². The summed E-state index contributed by atoms with van der Waals surface area (Å²) in [6.45, 7) is 0. The molecule has 2 rings (SSSR count). The molecule has 0 aliphatic heterocycles. The van der Waals surface area contributed by atoms with E-state index in [1.165, 1.54) is 19.3 Å². The fraction of sp³-hybridized carbons (Fsp3) is 0.500. The molecular formula is C12H15BrO2. The molecule has 3 heteroatoms. The Balaban J connectivity index is 2.00. The highest BCUT2D eigenvalue weighted by Gasteiger charge is 2.15. The maximum Gasteiger partial charge on any atom is 0.133 e. The van der Waals surface area contributed by atoms with E-state index in [0.29, 0.717) is 10.6 Å². The maximum absolute atomic E-state index is 9.50. The predicted octanol–water partition coefficient (Wildman–Crippen LogP) is 3.87. The van der Waals surface area contributed by atoms with Crippen LogP contribution < -0.4 is 4.74 Å². The summed E-state index contributed by atoms with van der Waals surface area (Å²) in [7, 11) is 0. The zero-order valence-corrected chi connectivity index (χ0v) is 10.2. The highest BCUT2D eigenvalue weighted by Crippen LogP contribution is 2.30. The summed E-state index contributed by atoms with van der Waals surface area (Å²) in [6, 6.07) is 5.37. The number of phenolic OH excluding ortho intramolecular Hbond substituents is 1. The van der Waals surface area contributed by atoms with Gasteiger partial charge < -0.3 is 9.84 Å². The van der Waals surface area contributed by atoms with Crippen molar-refractivity contribution in [1.29, 1.82) is 0 Å². The molecule has 0 bridgehead atoms. The van der Waals surface area contributed by atoms with Crippen LogP contribution in [0.3, 0.4) is 0 Å².